The monoisotopic (exact) mass is 257 g/mol. The number of nitrogens with one attached hydrogen (secondary N) is 3. The van der Waals surface area contributed by atoms with Crippen LogP contribution in [0, 0.1) is 0 Å². The molecule has 0 aromatic rings. The highest BCUT2D eigenvalue weighted by Gasteiger charge is 2.24. The first-order chi connectivity index (χ1) is 8.63. The smallest absolute Gasteiger partial charge is 0.239 e. The number of hydrogen-bond acceptors (Lipinski definition) is 4. The van der Waals surface area contributed by atoms with Crippen LogP contribution >= 0.6 is 0 Å². The fourth-order valence-electron chi connectivity index (χ4n) is 1.99. The van der Waals surface area contributed by atoms with Gasteiger partial charge in [-0.3, -0.25) is 9.59 Å². The van der Waals surface area contributed by atoms with Gasteiger partial charge in [-0.15, -0.1) is 0 Å². The van der Waals surface area contributed by atoms with Crippen molar-refractivity contribution in [1.82, 2.24) is 16.0 Å². The summed E-state index contributed by atoms with van der Waals surface area (Å²) in [6.07, 6.45) is 2.98. The first-order valence-electron chi connectivity index (χ1n) is 6.43. The lowest BCUT2D eigenvalue weighted by Crippen LogP contribution is -2.51. The van der Waals surface area contributed by atoms with Gasteiger partial charge in [0.2, 0.25) is 11.8 Å². The van der Waals surface area contributed by atoms with Crippen LogP contribution in [-0.2, 0) is 14.3 Å². The van der Waals surface area contributed by atoms with E-state index in [4.69, 9.17) is 4.74 Å². The van der Waals surface area contributed by atoms with Gasteiger partial charge in [0.15, 0.2) is 0 Å². The summed E-state index contributed by atoms with van der Waals surface area (Å²) in [7, 11) is 1.57. The Balaban J connectivity index is 2.17. The van der Waals surface area contributed by atoms with Crippen molar-refractivity contribution in [2.24, 2.45) is 0 Å². The Kier molecular flexibility index (Phi) is 6.67. The van der Waals surface area contributed by atoms with Crippen LogP contribution in [0.15, 0.2) is 0 Å². The van der Waals surface area contributed by atoms with Crippen molar-refractivity contribution in [3.63, 3.8) is 0 Å². The number of methoxy groups -OCH3 is 1. The van der Waals surface area contributed by atoms with Crippen molar-refractivity contribution >= 4 is 11.8 Å². The molecule has 1 fully saturated rings. The first-order valence-corrected chi connectivity index (χ1v) is 6.43. The number of amides is 2. The third kappa shape index (κ3) is 5.46. The summed E-state index contributed by atoms with van der Waals surface area (Å²) in [6.45, 7) is 3.03. The van der Waals surface area contributed by atoms with Crippen LogP contribution in [0.3, 0.4) is 0 Å². The van der Waals surface area contributed by atoms with Gasteiger partial charge in [-0.05, 0) is 26.2 Å². The number of carbonyl (C=O) groups is 2. The van der Waals surface area contributed by atoms with Crippen LogP contribution in [0.5, 0.6) is 0 Å². The molecule has 0 spiro atoms. The van der Waals surface area contributed by atoms with Crippen LogP contribution in [0.25, 0.3) is 0 Å². The molecule has 0 aliphatic carbocycles. The second-order valence-corrected chi connectivity index (χ2v) is 4.61. The van der Waals surface area contributed by atoms with E-state index in [2.05, 4.69) is 22.9 Å². The van der Waals surface area contributed by atoms with E-state index in [0.717, 1.165) is 19.3 Å². The highest BCUT2D eigenvalue weighted by Crippen LogP contribution is 2.11. The lowest BCUT2D eigenvalue weighted by molar-refractivity contribution is -0.127. The largest absolute Gasteiger partial charge is 0.383 e. The predicted molar refractivity (Wildman–Crippen MR) is 68.1 cm³/mol. The van der Waals surface area contributed by atoms with Crippen LogP contribution in [0.2, 0.25) is 0 Å². The summed E-state index contributed by atoms with van der Waals surface area (Å²) in [5.74, 6) is -0.285. The second-order valence-electron chi connectivity index (χ2n) is 4.61. The molecule has 0 radical (unpaired) electrons. The van der Waals surface area contributed by atoms with Gasteiger partial charge in [0.25, 0.3) is 0 Å². The molecular formula is C12H23N3O3. The van der Waals surface area contributed by atoms with Gasteiger partial charge in [-0.1, -0.05) is 0 Å². The highest BCUT2D eigenvalue weighted by atomic mass is 16.5. The highest BCUT2D eigenvalue weighted by molar-refractivity contribution is 5.87. The van der Waals surface area contributed by atoms with E-state index in [9.17, 15) is 9.59 Å². The number of rotatable bonds is 6. The molecule has 2 unspecified atom stereocenters. The van der Waals surface area contributed by atoms with Crippen molar-refractivity contribution in [3.05, 3.63) is 0 Å². The molecule has 1 rings (SSSR count). The maximum atomic E-state index is 11.8. The van der Waals surface area contributed by atoms with E-state index in [-0.39, 0.29) is 24.4 Å². The molecule has 6 nitrogen and oxygen atoms in total. The van der Waals surface area contributed by atoms with Crippen molar-refractivity contribution < 1.29 is 14.3 Å². The fraction of sp³-hybridized carbons (Fsp3) is 0.833. The summed E-state index contributed by atoms with van der Waals surface area (Å²) in [6, 6.07) is 0.200. The molecule has 18 heavy (non-hydrogen) atoms. The zero-order valence-corrected chi connectivity index (χ0v) is 11.1. The Morgan fingerprint density at radius 2 is 2.11 bits per heavy atom. The summed E-state index contributed by atoms with van der Waals surface area (Å²) >= 11 is 0. The van der Waals surface area contributed by atoms with E-state index in [1.165, 1.54) is 0 Å². The maximum Gasteiger partial charge on any atom is 0.239 e. The molecule has 2 atom stereocenters. The van der Waals surface area contributed by atoms with Crippen molar-refractivity contribution in [1.29, 1.82) is 0 Å². The molecule has 3 N–H and O–H groups in total. The average Bonchev–Trinajstić information content (AvgIpc) is 2.36. The second kappa shape index (κ2) is 8.05. The van der Waals surface area contributed by atoms with E-state index < -0.39 is 0 Å². The molecule has 1 saturated heterocycles. The van der Waals surface area contributed by atoms with Gasteiger partial charge < -0.3 is 20.7 Å². The first kappa shape index (κ1) is 14.9. The molecule has 0 saturated carbocycles. The van der Waals surface area contributed by atoms with E-state index >= 15 is 0 Å². The van der Waals surface area contributed by atoms with Crippen molar-refractivity contribution in [2.45, 2.75) is 38.3 Å². The van der Waals surface area contributed by atoms with Gasteiger partial charge in [0, 0.05) is 19.7 Å². The molecule has 1 aliphatic heterocycles. The van der Waals surface area contributed by atoms with Crippen molar-refractivity contribution in [2.75, 3.05) is 26.8 Å². The Morgan fingerprint density at radius 1 is 1.33 bits per heavy atom. The SMILES string of the molecule is COCCNC(=O)CNC(=O)C1CCCC(C)N1. The van der Waals surface area contributed by atoms with E-state index in [0.29, 0.717) is 19.2 Å². The molecular weight excluding hydrogens is 234 g/mol. The fourth-order valence-corrected chi connectivity index (χ4v) is 1.99. The molecule has 6 heteroatoms. The molecule has 1 heterocycles. The minimum atomic E-state index is -0.191. The standard InChI is InChI=1S/C12H23N3O3/c1-9-4-3-5-10(15-9)12(17)14-8-11(16)13-6-7-18-2/h9-10,15H,3-8H2,1-2H3,(H,13,16)(H,14,17). The summed E-state index contributed by atoms with van der Waals surface area (Å²) in [5, 5.41) is 8.53. The molecule has 0 aromatic carbocycles. The van der Waals surface area contributed by atoms with Gasteiger partial charge >= 0.3 is 0 Å². The van der Waals surface area contributed by atoms with Crippen LogP contribution in [0.1, 0.15) is 26.2 Å². The number of carbonyl (C=O) groups excluding carboxylic acids is 2. The zero-order valence-electron chi connectivity index (χ0n) is 11.1. The minimum absolute atomic E-state index is 0.0229. The zero-order chi connectivity index (χ0) is 13.4. The van der Waals surface area contributed by atoms with Gasteiger partial charge in [-0.25, -0.2) is 0 Å². The lowest BCUT2D eigenvalue weighted by atomic mass is 9.99. The Morgan fingerprint density at radius 3 is 2.78 bits per heavy atom. The number of piperidine rings is 1. The summed E-state index contributed by atoms with van der Waals surface area (Å²) in [5.41, 5.74) is 0. The number of ether oxygens (including phenoxy) is 1. The Bertz CT molecular complexity index is 284. The minimum Gasteiger partial charge on any atom is -0.383 e. The lowest BCUT2D eigenvalue weighted by Gasteiger charge is -2.27. The molecule has 0 bridgehead atoms. The van der Waals surface area contributed by atoms with Crippen molar-refractivity contribution in [3.8, 4) is 0 Å². The van der Waals surface area contributed by atoms with Gasteiger partial charge in [-0.2, -0.15) is 0 Å². The summed E-state index contributed by atoms with van der Waals surface area (Å²) < 4.78 is 4.81. The normalized spacial score (nSPS) is 23.4. The predicted octanol–water partition coefficient (Wildman–Crippen LogP) is -0.604. The molecule has 2 amide bonds. The van der Waals surface area contributed by atoms with E-state index in [1.54, 1.807) is 7.11 Å². The Hall–Kier alpha value is -1.14. The molecule has 0 aromatic heterocycles. The van der Waals surface area contributed by atoms with Crippen LogP contribution < -0.4 is 16.0 Å². The third-order valence-corrected chi connectivity index (χ3v) is 2.98. The molecule has 104 valence electrons. The topological polar surface area (TPSA) is 79.5 Å². The van der Waals surface area contributed by atoms with Gasteiger partial charge in [0.1, 0.15) is 0 Å². The molecule has 1 aliphatic rings. The quantitative estimate of drug-likeness (QED) is 0.555. The maximum absolute atomic E-state index is 11.8. The Labute approximate surface area is 108 Å². The van der Waals surface area contributed by atoms with Gasteiger partial charge in [0.05, 0.1) is 19.2 Å². The number of hydrogen-bond donors (Lipinski definition) is 3. The van der Waals surface area contributed by atoms with Crippen LogP contribution in [0.4, 0.5) is 0 Å². The third-order valence-electron chi connectivity index (χ3n) is 2.98. The summed E-state index contributed by atoms with van der Waals surface area (Å²) in [4.78, 5) is 23.2. The van der Waals surface area contributed by atoms with E-state index in [1.807, 2.05) is 0 Å². The van der Waals surface area contributed by atoms with Crippen LogP contribution in [-0.4, -0.2) is 50.7 Å². The average molecular weight is 257 g/mol.